The van der Waals surface area contributed by atoms with Crippen molar-refractivity contribution in [3.05, 3.63) is 33.4 Å². The molecule has 1 amide bonds. The van der Waals surface area contributed by atoms with Crippen LogP contribution in [-0.2, 0) is 11.2 Å². The second kappa shape index (κ2) is 6.02. The SMILES string of the molecule is CC1NCCN(C(=O)Cc2cccc(I)c2)C1C. The van der Waals surface area contributed by atoms with Crippen molar-refractivity contribution in [2.24, 2.45) is 0 Å². The van der Waals surface area contributed by atoms with Crippen LogP contribution in [0.1, 0.15) is 19.4 Å². The van der Waals surface area contributed by atoms with E-state index in [0.29, 0.717) is 12.5 Å². The van der Waals surface area contributed by atoms with Gasteiger partial charge in [-0.3, -0.25) is 4.79 Å². The number of hydrogen-bond acceptors (Lipinski definition) is 2. The average Bonchev–Trinajstić information content (AvgIpc) is 2.32. The van der Waals surface area contributed by atoms with Crippen LogP contribution in [0.5, 0.6) is 0 Å². The van der Waals surface area contributed by atoms with Gasteiger partial charge in [0.2, 0.25) is 5.91 Å². The zero-order chi connectivity index (χ0) is 13.1. The molecular formula is C14H19IN2O. The number of carbonyl (C=O) groups excluding carboxylic acids is 1. The number of rotatable bonds is 2. The summed E-state index contributed by atoms with van der Waals surface area (Å²) in [4.78, 5) is 14.3. The van der Waals surface area contributed by atoms with Gasteiger partial charge >= 0.3 is 0 Å². The Morgan fingerprint density at radius 3 is 3.00 bits per heavy atom. The molecule has 2 atom stereocenters. The molecule has 0 saturated carbocycles. The highest BCUT2D eigenvalue weighted by Gasteiger charge is 2.27. The predicted octanol–water partition coefficient (Wildman–Crippen LogP) is 2.04. The number of carbonyl (C=O) groups is 1. The molecule has 18 heavy (non-hydrogen) atoms. The monoisotopic (exact) mass is 358 g/mol. The van der Waals surface area contributed by atoms with E-state index in [4.69, 9.17) is 0 Å². The van der Waals surface area contributed by atoms with Crippen molar-refractivity contribution in [1.29, 1.82) is 0 Å². The van der Waals surface area contributed by atoms with Gasteiger partial charge in [-0.25, -0.2) is 0 Å². The van der Waals surface area contributed by atoms with Crippen LogP contribution in [0, 0.1) is 3.57 Å². The summed E-state index contributed by atoms with van der Waals surface area (Å²) >= 11 is 2.28. The Balaban J connectivity index is 2.03. The first kappa shape index (κ1) is 13.8. The van der Waals surface area contributed by atoms with Crippen molar-refractivity contribution in [1.82, 2.24) is 10.2 Å². The number of nitrogens with one attached hydrogen (secondary N) is 1. The van der Waals surface area contributed by atoms with Gasteiger partial charge in [-0.15, -0.1) is 0 Å². The van der Waals surface area contributed by atoms with E-state index < -0.39 is 0 Å². The van der Waals surface area contributed by atoms with Crippen molar-refractivity contribution in [3.8, 4) is 0 Å². The maximum Gasteiger partial charge on any atom is 0.227 e. The van der Waals surface area contributed by atoms with Crippen LogP contribution >= 0.6 is 22.6 Å². The zero-order valence-electron chi connectivity index (χ0n) is 10.8. The second-order valence-corrected chi connectivity index (χ2v) is 6.12. The summed E-state index contributed by atoms with van der Waals surface area (Å²) in [7, 11) is 0. The fourth-order valence-corrected chi connectivity index (χ4v) is 2.94. The number of benzene rings is 1. The summed E-state index contributed by atoms with van der Waals surface area (Å²) in [5, 5.41) is 3.39. The molecule has 3 nitrogen and oxygen atoms in total. The van der Waals surface area contributed by atoms with Crippen molar-refractivity contribution < 1.29 is 4.79 Å². The van der Waals surface area contributed by atoms with Gasteiger partial charge in [0.1, 0.15) is 0 Å². The lowest BCUT2D eigenvalue weighted by Crippen LogP contribution is -2.57. The van der Waals surface area contributed by atoms with Crippen LogP contribution in [0.2, 0.25) is 0 Å². The highest BCUT2D eigenvalue weighted by molar-refractivity contribution is 14.1. The average molecular weight is 358 g/mol. The molecule has 2 unspecified atom stereocenters. The fourth-order valence-electron chi connectivity index (χ4n) is 2.33. The van der Waals surface area contributed by atoms with Crippen LogP contribution in [-0.4, -0.2) is 36.0 Å². The lowest BCUT2D eigenvalue weighted by Gasteiger charge is -2.38. The molecular weight excluding hydrogens is 339 g/mol. The smallest absolute Gasteiger partial charge is 0.227 e. The topological polar surface area (TPSA) is 32.3 Å². The maximum absolute atomic E-state index is 12.3. The van der Waals surface area contributed by atoms with E-state index >= 15 is 0 Å². The highest BCUT2D eigenvalue weighted by Crippen LogP contribution is 2.13. The Morgan fingerprint density at radius 2 is 2.28 bits per heavy atom. The first-order valence-electron chi connectivity index (χ1n) is 6.35. The molecule has 0 aromatic heterocycles. The third kappa shape index (κ3) is 3.23. The number of piperazine rings is 1. The Kier molecular flexibility index (Phi) is 4.61. The van der Waals surface area contributed by atoms with E-state index in [1.165, 1.54) is 3.57 Å². The molecule has 98 valence electrons. The zero-order valence-corrected chi connectivity index (χ0v) is 13.0. The fraction of sp³-hybridized carbons (Fsp3) is 0.500. The normalized spacial score (nSPS) is 24.1. The number of amides is 1. The van der Waals surface area contributed by atoms with E-state index in [1.54, 1.807) is 0 Å². The third-order valence-electron chi connectivity index (χ3n) is 3.60. The molecule has 0 aliphatic carbocycles. The van der Waals surface area contributed by atoms with Gasteiger partial charge in [-0.05, 0) is 54.1 Å². The van der Waals surface area contributed by atoms with Crippen molar-refractivity contribution >= 4 is 28.5 Å². The molecule has 1 aliphatic rings. The molecule has 1 aromatic carbocycles. The summed E-state index contributed by atoms with van der Waals surface area (Å²) in [6.07, 6.45) is 0.508. The number of halogens is 1. The molecule has 0 bridgehead atoms. The lowest BCUT2D eigenvalue weighted by molar-refractivity contribution is -0.134. The molecule has 1 N–H and O–H groups in total. The second-order valence-electron chi connectivity index (χ2n) is 4.88. The molecule has 1 aliphatic heterocycles. The minimum Gasteiger partial charge on any atom is -0.337 e. The summed E-state index contributed by atoms with van der Waals surface area (Å²) in [5.74, 6) is 0.234. The first-order valence-corrected chi connectivity index (χ1v) is 7.43. The minimum absolute atomic E-state index is 0.234. The molecule has 1 aromatic rings. The van der Waals surface area contributed by atoms with Gasteiger partial charge in [0, 0.05) is 28.7 Å². The molecule has 4 heteroatoms. The van der Waals surface area contributed by atoms with E-state index in [9.17, 15) is 4.79 Å². The molecule has 1 heterocycles. The largest absolute Gasteiger partial charge is 0.337 e. The van der Waals surface area contributed by atoms with Crippen molar-refractivity contribution in [2.75, 3.05) is 13.1 Å². The van der Waals surface area contributed by atoms with Crippen LogP contribution in [0.15, 0.2) is 24.3 Å². The molecule has 2 rings (SSSR count). The van der Waals surface area contributed by atoms with E-state index in [1.807, 2.05) is 23.1 Å². The van der Waals surface area contributed by atoms with Gasteiger partial charge in [0.15, 0.2) is 0 Å². The number of nitrogens with zero attached hydrogens (tertiary/aromatic N) is 1. The Hall–Kier alpha value is -0.620. The van der Waals surface area contributed by atoms with Crippen LogP contribution in [0.4, 0.5) is 0 Å². The maximum atomic E-state index is 12.3. The molecule has 0 radical (unpaired) electrons. The van der Waals surface area contributed by atoms with Gasteiger partial charge in [-0.1, -0.05) is 12.1 Å². The summed E-state index contributed by atoms with van der Waals surface area (Å²) < 4.78 is 1.18. The number of hydrogen-bond donors (Lipinski definition) is 1. The first-order chi connectivity index (χ1) is 8.58. The summed E-state index contributed by atoms with van der Waals surface area (Å²) in [6, 6.07) is 8.80. The minimum atomic E-state index is 0.234. The lowest BCUT2D eigenvalue weighted by atomic mass is 10.1. The summed E-state index contributed by atoms with van der Waals surface area (Å²) in [6.45, 7) is 5.96. The van der Waals surface area contributed by atoms with Crippen LogP contribution < -0.4 is 5.32 Å². The molecule has 0 spiro atoms. The van der Waals surface area contributed by atoms with E-state index in [2.05, 4.69) is 47.8 Å². The van der Waals surface area contributed by atoms with Crippen molar-refractivity contribution in [3.63, 3.8) is 0 Å². The van der Waals surface area contributed by atoms with Crippen molar-refractivity contribution in [2.45, 2.75) is 32.4 Å². The van der Waals surface area contributed by atoms with Crippen LogP contribution in [0.25, 0.3) is 0 Å². The van der Waals surface area contributed by atoms with E-state index in [-0.39, 0.29) is 11.9 Å². The van der Waals surface area contributed by atoms with E-state index in [0.717, 1.165) is 18.7 Å². The third-order valence-corrected chi connectivity index (χ3v) is 4.27. The predicted molar refractivity (Wildman–Crippen MR) is 81.5 cm³/mol. The molecule has 1 fully saturated rings. The van der Waals surface area contributed by atoms with Gasteiger partial charge in [0.25, 0.3) is 0 Å². The summed E-state index contributed by atoms with van der Waals surface area (Å²) in [5.41, 5.74) is 1.10. The van der Waals surface area contributed by atoms with Crippen LogP contribution in [0.3, 0.4) is 0 Å². The Labute approximate surface area is 122 Å². The van der Waals surface area contributed by atoms with Gasteiger partial charge in [0.05, 0.1) is 6.42 Å². The van der Waals surface area contributed by atoms with Gasteiger partial charge in [-0.2, -0.15) is 0 Å². The van der Waals surface area contributed by atoms with Gasteiger partial charge < -0.3 is 10.2 Å². The Bertz CT molecular complexity index is 436. The quantitative estimate of drug-likeness (QED) is 0.821. The molecule has 1 saturated heterocycles. The highest BCUT2D eigenvalue weighted by atomic mass is 127. The standard InChI is InChI=1S/C14H19IN2O/c1-10-11(2)17(7-6-16-10)14(18)9-12-4-3-5-13(15)8-12/h3-5,8,10-11,16H,6-7,9H2,1-2H3. The Morgan fingerprint density at radius 1 is 1.50 bits per heavy atom.